The molecule has 0 radical (unpaired) electrons. The first kappa shape index (κ1) is 21.9. The summed E-state index contributed by atoms with van der Waals surface area (Å²) < 4.78 is 5.50. The molecule has 1 aromatic heterocycles. The monoisotopic (exact) mass is 528 g/mol. The van der Waals surface area contributed by atoms with Crippen molar-refractivity contribution in [1.29, 1.82) is 0 Å². The van der Waals surface area contributed by atoms with Crippen LogP contribution in [0.5, 0.6) is 5.75 Å². The lowest BCUT2D eigenvalue weighted by Crippen LogP contribution is -2.51. The predicted octanol–water partition coefficient (Wildman–Crippen LogP) is 2.73. The topological polar surface area (TPSA) is 70.2 Å². The molecule has 2 aromatic rings. The fraction of sp³-hybridized carbons (Fsp3) is 0.500. The Morgan fingerprint density at radius 2 is 2.00 bits per heavy atom. The molecule has 158 valence electrons. The van der Waals surface area contributed by atoms with Gasteiger partial charge < -0.3 is 25.2 Å². The van der Waals surface area contributed by atoms with Gasteiger partial charge in [-0.25, -0.2) is 4.98 Å². The summed E-state index contributed by atoms with van der Waals surface area (Å²) in [6.07, 6.45) is 2.99. The number of aliphatic imine (C=N–C) groups is 1. The zero-order valence-electron chi connectivity index (χ0n) is 16.7. The highest BCUT2D eigenvalue weighted by Crippen LogP contribution is 2.32. The maximum atomic E-state index is 6.29. The van der Waals surface area contributed by atoms with E-state index in [-0.39, 0.29) is 24.0 Å². The number of rotatable bonds is 5. The van der Waals surface area contributed by atoms with E-state index in [0.29, 0.717) is 11.9 Å². The lowest BCUT2D eigenvalue weighted by atomic mass is 10.1. The number of anilines is 2. The number of methoxy groups -OCH3 is 1. The fourth-order valence-electron chi connectivity index (χ4n) is 3.91. The second-order valence-electron chi connectivity index (χ2n) is 7.26. The molecule has 2 aliphatic heterocycles. The van der Waals surface area contributed by atoms with Crippen LogP contribution in [0.3, 0.4) is 0 Å². The molecular formula is C20H29IN6OS. The van der Waals surface area contributed by atoms with Gasteiger partial charge in [0.25, 0.3) is 0 Å². The number of hydrogen-bond acceptors (Lipinski definition) is 6. The van der Waals surface area contributed by atoms with Crippen molar-refractivity contribution in [3.63, 3.8) is 0 Å². The standard InChI is InChI=1S/C20H28N6OS.HI/c1-27-18-5-3-2-4-17(18)26-8-6-16(15-26)14-23-19(21)24-9-11-25(12-10-24)20-22-7-13-28-20;/h2-5,7,13,16H,6,8-12,14-15H2,1H3,(H2,21,23);1H. The van der Waals surface area contributed by atoms with E-state index < -0.39 is 0 Å². The number of halogens is 1. The number of nitrogens with two attached hydrogens (primary N) is 1. The molecule has 0 bridgehead atoms. The number of guanidine groups is 1. The Kier molecular flexibility index (Phi) is 7.82. The Hall–Kier alpha value is -1.75. The van der Waals surface area contributed by atoms with E-state index >= 15 is 0 Å². The molecule has 2 N–H and O–H groups in total. The smallest absolute Gasteiger partial charge is 0.191 e. The number of ether oxygens (including phenoxy) is 1. The zero-order valence-corrected chi connectivity index (χ0v) is 19.9. The molecule has 0 spiro atoms. The average molecular weight is 528 g/mol. The normalized spacial score (nSPS) is 20.0. The van der Waals surface area contributed by atoms with Crippen LogP contribution in [0.4, 0.5) is 10.8 Å². The molecular weight excluding hydrogens is 499 g/mol. The van der Waals surface area contributed by atoms with Crippen LogP contribution in [0, 0.1) is 5.92 Å². The van der Waals surface area contributed by atoms with Crippen LogP contribution in [0.25, 0.3) is 0 Å². The lowest BCUT2D eigenvalue weighted by Gasteiger charge is -2.35. The van der Waals surface area contributed by atoms with Crippen LogP contribution in [-0.4, -0.2) is 68.8 Å². The van der Waals surface area contributed by atoms with Gasteiger partial charge in [0, 0.05) is 57.4 Å². The quantitative estimate of drug-likeness (QED) is 0.366. The van der Waals surface area contributed by atoms with Crippen molar-refractivity contribution in [1.82, 2.24) is 9.88 Å². The predicted molar refractivity (Wildman–Crippen MR) is 131 cm³/mol. The molecule has 1 unspecified atom stereocenters. The van der Waals surface area contributed by atoms with Crippen LogP contribution in [0.2, 0.25) is 0 Å². The van der Waals surface area contributed by atoms with Gasteiger partial charge in [0.05, 0.1) is 12.8 Å². The molecule has 2 fully saturated rings. The molecule has 2 aliphatic rings. The number of para-hydroxylation sites is 2. The summed E-state index contributed by atoms with van der Waals surface area (Å²) in [5.74, 6) is 2.14. The SMILES string of the molecule is COc1ccccc1N1CCC(CN=C(N)N2CCN(c3nccs3)CC2)C1.I. The molecule has 0 saturated carbocycles. The van der Waals surface area contributed by atoms with Crippen molar-refractivity contribution >= 4 is 52.1 Å². The Balaban J connectivity index is 0.00000240. The molecule has 3 heterocycles. The van der Waals surface area contributed by atoms with E-state index in [1.54, 1.807) is 18.4 Å². The van der Waals surface area contributed by atoms with Gasteiger partial charge in [-0.15, -0.1) is 35.3 Å². The second-order valence-corrected chi connectivity index (χ2v) is 8.13. The molecule has 0 aliphatic carbocycles. The highest BCUT2D eigenvalue weighted by atomic mass is 127. The molecule has 1 aromatic carbocycles. The van der Waals surface area contributed by atoms with Gasteiger partial charge in [0.1, 0.15) is 5.75 Å². The van der Waals surface area contributed by atoms with E-state index in [1.807, 2.05) is 23.7 Å². The van der Waals surface area contributed by atoms with Crippen LogP contribution in [-0.2, 0) is 0 Å². The van der Waals surface area contributed by atoms with Gasteiger partial charge in [-0.05, 0) is 24.5 Å². The number of piperazine rings is 1. The minimum Gasteiger partial charge on any atom is -0.495 e. The van der Waals surface area contributed by atoms with E-state index in [1.165, 1.54) is 5.69 Å². The molecule has 9 heteroatoms. The average Bonchev–Trinajstić information content (AvgIpc) is 3.44. The largest absolute Gasteiger partial charge is 0.495 e. The van der Waals surface area contributed by atoms with Crippen molar-refractivity contribution < 1.29 is 4.74 Å². The van der Waals surface area contributed by atoms with E-state index in [2.05, 4.69) is 31.8 Å². The van der Waals surface area contributed by atoms with Gasteiger partial charge in [-0.3, -0.25) is 4.99 Å². The summed E-state index contributed by atoms with van der Waals surface area (Å²) in [4.78, 5) is 16.0. The van der Waals surface area contributed by atoms with Gasteiger partial charge in [-0.2, -0.15) is 0 Å². The first-order valence-corrected chi connectivity index (χ1v) is 10.7. The van der Waals surface area contributed by atoms with Gasteiger partial charge >= 0.3 is 0 Å². The Bertz CT molecular complexity index is 794. The van der Waals surface area contributed by atoms with Crippen LogP contribution < -0.4 is 20.3 Å². The summed E-state index contributed by atoms with van der Waals surface area (Å²) in [5, 5.41) is 3.12. The summed E-state index contributed by atoms with van der Waals surface area (Å²) in [6, 6.07) is 8.22. The van der Waals surface area contributed by atoms with E-state index in [4.69, 9.17) is 15.5 Å². The maximum Gasteiger partial charge on any atom is 0.191 e. The van der Waals surface area contributed by atoms with Crippen molar-refractivity contribution in [2.24, 2.45) is 16.6 Å². The highest BCUT2D eigenvalue weighted by Gasteiger charge is 2.25. The summed E-state index contributed by atoms with van der Waals surface area (Å²) in [5.41, 5.74) is 7.46. The molecule has 29 heavy (non-hydrogen) atoms. The third kappa shape index (κ3) is 5.25. The lowest BCUT2D eigenvalue weighted by molar-refractivity contribution is 0.379. The van der Waals surface area contributed by atoms with Crippen LogP contribution >= 0.6 is 35.3 Å². The van der Waals surface area contributed by atoms with Crippen molar-refractivity contribution in [3.05, 3.63) is 35.8 Å². The van der Waals surface area contributed by atoms with Crippen LogP contribution in [0.1, 0.15) is 6.42 Å². The zero-order chi connectivity index (χ0) is 19.3. The minimum absolute atomic E-state index is 0. The molecule has 7 nitrogen and oxygen atoms in total. The van der Waals surface area contributed by atoms with Crippen molar-refractivity contribution in [2.45, 2.75) is 6.42 Å². The Morgan fingerprint density at radius 3 is 2.72 bits per heavy atom. The Morgan fingerprint density at radius 1 is 1.21 bits per heavy atom. The van der Waals surface area contributed by atoms with E-state index in [9.17, 15) is 0 Å². The molecule has 1 atom stereocenters. The summed E-state index contributed by atoms with van der Waals surface area (Å²) in [6.45, 7) is 6.48. The molecule has 0 amide bonds. The van der Waals surface area contributed by atoms with Gasteiger partial charge in [-0.1, -0.05) is 12.1 Å². The number of benzene rings is 1. The van der Waals surface area contributed by atoms with Crippen molar-refractivity contribution in [3.8, 4) is 5.75 Å². The first-order valence-electron chi connectivity index (χ1n) is 9.82. The van der Waals surface area contributed by atoms with Gasteiger partial charge in [0.15, 0.2) is 11.1 Å². The van der Waals surface area contributed by atoms with Crippen molar-refractivity contribution in [2.75, 3.05) is 62.7 Å². The maximum absolute atomic E-state index is 6.29. The van der Waals surface area contributed by atoms with Gasteiger partial charge in [0.2, 0.25) is 0 Å². The second kappa shape index (κ2) is 10.3. The fourth-order valence-corrected chi connectivity index (χ4v) is 4.61. The number of aromatic nitrogens is 1. The molecule has 4 rings (SSSR count). The summed E-state index contributed by atoms with van der Waals surface area (Å²) in [7, 11) is 1.73. The summed E-state index contributed by atoms with van der Waals surface area (Å²) >= 11 is 1.69. The Labute approximate surface area is 193 Å². The third-order valence-corrected chi connectivity index (χ3v) is 6.35. The number of hydrogen-bond donors (Lipinski definition) is 1. The highest BCUT2D eigenvalue weighted by molar-refractivity contribution is 14.0. The number of thiazole rings is 1. The number of nitrogens with zero attached hydrogens (tertiary/aromatic N) is 5. The minimum atomic E-state index is 0. The van der Waals surface area contributed by atoms with Crippen LogP contribution in [0.15, 0.2) is 40.8 Å². The third-order valence-electron chi connectivity index (χ3n) is 5.52. The molecule has 2 saturated heterocycles. The first-order chi connectivity index (χ1) is 13.7. The van der Waals surface area contributed by atoms with E-state index in [0.717, 1.165) is 63.1 Å².